The van der Waals surface area contributed by atoms with E-state index in [0.29, 0.717) is 138 Å². The predicted molar refractivity (Wildman–Crippen MR) is 174 cm³/mol. The normalized spacial score (nSPS) is 12.0. The Labute approximate surface area is 281 Å². The van der Waals surface area contributed by atoms with Crippen molar-refractivity contribution in [2.45, 2.75) is 12.5 Å². The lowest BCUT2D eigenvalue weighted by Gasteiger charge is -2.30. The Morgan fingerprint density at radius 1 is 0.383 bits per heavy atom. The standard InChI is InChI=1S/C29H64N2O15Si/c30-2-4-31-3-1-29-47(44-26-23-41-20-17-38-14-11-35-8-5-32,45-27-24-42-21-18-39-15-12-36-9-6-33)46-28-25-43-22-19-40-16-13-37-10-7-34/h31-34H,1-30H2. The maximum atomic E-state index is 8.73. The van der Waals surface area contributed by atoms with Gasteiger partial charge in [0.25, 0.3) is 0 Å². The van der Waals surface area contributed by atoms with E-state index in [-0.39, 0.29) is 39.6 Å². The van der Waals surface area contributed by atoms with Crippen LogP contribution in [0.1, 0.15) is 6.42 Å². The molecule has 0 saturated heterocycles. The highest BCUT2D eigenvalue weighted by Gasteiger charge is 2.40. The molecule has 0 aliphatic heterocycles. The van der Waals surface area contributed by atoms with Crippen molar-refractivity contribution in [2.75, 3.05) is 178 Å². The Morgan fingerprint density at radius 2 is 0.660 bits per heavy atom. The van der Waals surface area contributed by atoms with E-state index in [1.165, 1.54) is 0 Å². The SMILES string of the molecule is NCCNCCC[Si](OCCOCCOCCOCCO)(OCCOCCOCCOCCO)OCCOCCOCCOCCO. The molecule has 0 atom stereocenters. The van der Waals surface area contributed by atoms with Crippen LogP contribution in [0.15, 0.2) is 0 Å². The summed E-state index contributed by atoms with van der Waals surface area (Å²) in [5.74, 6) is 0. The van der Waals surface area contributed by atoms with Gasteiger partial charge in [0.2, 0.25) is 0 Å². The molecule has 18 heteroatoms. The van der Waals surface area contributed by atoms with Gasteiger partial charge in [0.1, 0.15) is 0 Å². The molecular formula is C29H64N2O15Si. The quantitative estimate of drug-likeness (QED) is 0.0344. The van der Waals surface area contributed by atoms with Gasteiger partial charge in [-0.2, -0.15) is 0 Å². The number of hydrogen-bond donors (Lipinski definition) is 5. The lowest BCUT2D eigenvalue weighted by atomic mass is 10.5. The van der Waals surface area contributed by atoms with E-state index in [2.05, 4.69) is 5.32 Å². The summed E-state index contributed by atoms with van der Waals surface area (Å²) in [6, 6.07) is 0.579. The monoisotopic (exact) mass is 708 g/mol. The summed E-state index contributed by atoms with van der Waals surface area (Å²) in [6.07, 6.45) is 0.763. The van der Waals surface area contributed by atoms with Gasteiger partial charge >= 0.3 is 8.80 Å². The van der Waals surface area contributed by atoms with Crippen LogP contribution >= 0.6 is 0 Å². The lowest BCUT2D eigenvalue weighted by molar-refractivity contribution is -0.0243. The molecule has 284 valence electrons. The predicted octanol–water partition coefficient (Wildman–Crippen LogP) is -1.96. The molecule has 47 heavy (non-hydrogen) atoms. The van der Waals surface area contributed by atoms with Gasteiger partial charge in [-0.05, 0) is 13.0 Å². The lowest BCUT2D eigenvalue weighted by Crippen LogP contribution is -2.48. The number of ether oxygens (including phenoxy) is 9. The molecule has 0 amide bonds. The second-order valence-corrected chi connectivity index (χ2v) is 12.3. The molecule has 0 fully saturated rings. The summed E-state index contributed by atoms with van der Waals surface area (Å²) < 4.78 is 67.7. The zero-order valence-electron chi connectivity index (χ0n) is 28.3. The van der Waals surface area contributed by atoms with Gasteiger partial charge in [0, 0.05) is 19.1 Å². The fourth-order valence-corrected chi connectivity index (χ4v) is 6.06. The first-order valence-electron chi connectivity index (χ1n) is 16.6. The Balaban J connectivity index is 4.71. The molecule has 0 unspecified atom stereocenters. The van der Waals surface area contributed by atoms with Crippen LogP contribution in [0, 0.1) is 0 Å². The van der Waals surface area contributed by atoms with Gasteiger partial charge in [0.15, 0.2) is 0 Å². The average Bonchev–Trinajstić information content (AvgIpc) is 3.08. The molecule has 0 aliphatic carbocycles. The molecule has 0 aromatic rings. The van der Waals surface area contributed by atoms with Crippen LogP contribution in [0.2, 0.25) is 6.04 Å². The Bertz CT molecular complexity index is 529. The maximum absolute atomic E-state index is 8.73. The summed E-state index contributed by atoms with van der Waals surface area (Å²) >= 11 is 0. The summed E-state index contributed by atoms with van der Waals surface area (Å²) in [5.41, 5.74) is 5.61. The van der Waals surface area contributed by atoms with Crippen molar-refractivity contribution >= 4 is 8.80 Å². The molecule has 0 heterocycles. The Morgan fingerprint density at radius 3 is 0.936 bits per heavy atom. The summed E-state index contributed by atoms with van der Waals surface area (Å²) in [4.78, 5) is 0. The second kappa shape index (κ2) is 40.0. The topological polar surface area (TPSA) is 209 Å². The first kappa shape index (κ1) is 46.5. The van der Waals surface area contributed by atoms with E-state index in [0.717, 1.165) is 13.0 Å². The van der Waals surface area contributed by atoms with Crippen LogP contribution in [0.25, 0.3) is 0 Å². The van der Waals surface area contributed by atoms with Crippen LogP contribution in [-0.2, 0) is 55.9 Å². The summed E-state index contributed by atoms with van der Waals surface area (Å²) in [5, 5.41) is 29.5. The van der Waals surface area contributed by atoms with Crippen LogP contribution in [0.5, 0.6) is 0 Å². The number of aliphatic hydroxyl groups excluding tert-OH is 3. The largest absolute Gasteiger partial charge is 0.501 e. The number of hydrogen-bond acceptors (Lipinski definition) is 17. The zero-order chi connectivity index (χ0) is 34.2. The molecule has 0 spiro atoms. The zero-order valence-corrected chi connectivity index (χ0v) is 29.3. The van der Waals surface area contributed by atoms with E-state index in [1.807, 2.05) is 0 Å². The van der Waals surface area contributed by atoms with Crippen molar-refractivity contribution < 1.29 is 71.2 Å². The Kier molecular flexibility index (Phi) is 39.6. The van der Waals surface area contributed by atoms with E-state index >= 15 is 0 Å². The minimum Gasteiger partial charge on any atom is -0.394 e. The van der Waals surface area contributed by atoms with Crippen molar-refractivity contribution in [3.8, 4) is 0 Å². The molecule has 0 radical (unpaired) electrons. The number of nitrogens with two attached hydrogens (primary N) is 1. The fraction of sp³-hybridized carbons (Fsp3) is 1.00. The third kappa shape index (κ3) is 35.2. The van der Waals surface area contributed by atoms with E-state index in [4.69, 9.17) is 77.0 Å². The maximum Gasteiger partial charge on any atom is 0.501 e. The van der Waals surface area contributed by atoms with Gasteiger partial charge in [-0.1, -0.05) is 0 Å². The van der Waals surface area contributed by atoms with Gasteiger partial charge in [-0.3, -0.25) is 0 Å². The van der Waals surface area contributed by atoms with Crippen LogP contribution in [0.3, 0.4) is 0 Å². The number of aliphatic hydroxyl groups is 3. The molecule has 0 bridgehead atoms. The highest BCUT2D eigenvalue weighted by Crippen LogP contribution is 2.18. The summed E-state index contributed by atoms with van der Waals surface area (Å²) in [6.45, 7) is 9.68. The van der Waals surface area contributed by atoms with Crippen LogP contribution in [-0.4, -0.2) is 202 Å². The van der Waals surface area contributed by atoms with Crippen molar-refractivity contribution in [2.24, 2.45) is 5.73 Å². The number of rotatable bonds is 42. The van der Waals surface area contributed by atoms with E-state index in [1.54, 1.807) is 0 Å². The molecular weight excluding hydrogens is 644 g/mol. The highest BCUT2D eigenvalue weighted by molar-refractivity contribution is 6.60. The third-order valence-electron chi connectivity index (χ3n) is 5.75. The highest BCUT2D eigenvalue weighted by atomic mass is 28.4. The van der Waals surface area contributed by atoms with Crippen molar-refractivity contribution in [3.05, 3.63) is 0 Å². The average molecular weight is 709 g/mol. The summed E-state index contributed by atoms with van der Waals surface area (Å²) in [7, 11) is -3.15. The van der Waals surface area contributed by atoms with Gasteiger partial charge in [-0.25, -0.2) is 0 Å². The first-order chi connectivity index (χ1) is 23.2. The molecule has 0 aromatic heterocycles. The van der Waals surface area contributed by atoms with Crippen molar-refractivity contribution in [1.29, 1.82) is 0 Å². The van der Waals surface area contributed by atoms with Gasteiger partial charge in [-0.15, -0.1) is 0 Å². The molecule has 0 rings (SSSR count). The fourth-order valence-electron chi connectivity index (χ4n) is 3.59. The molecule has 0 aliphatic rings. The molecule has 0 aromatic carbocycles. The van der Waals surface area contributed by atoms with E-state index in [9.17, 15) is 0 Å². The second-order valence-electron chi connectivity index (χ2n) is 9.55. The van der Waals surface area contributed by atoms with Gasteiger partial charge in [0.05, 0.1) is 159 Å². The van der Waals surface area contributed by atoms with E-state index < -0.39 is 8.80 Å². The molecule has 17 nitrogen and oxygen atoms in total. The molecule has 0 saturated carbocycles. The minimum atomic E-state index is -3.15. The minimum absolute atomic E-state index is 0.0114. The first-order valence-corrected chi connectivity index (χ1v) is 18.5. The third-order valence-corrected chi connectivity index (χ3v) is 8.64. The van der Waals surface area contributed by atoms with Crippen LogP contribution < -0.4 is 11.1 Å². The molecule has 6 N–H and O–H groups in total. The van der Waals surface area contributed by atoms with Crippen molar-refractivity contribution in [3.63, 3.8) is 0 Å². The van der Waals surface area contributed by atoms with Gasteiger partial charge < -0.3 is 82.3 Å². The Hall–Kier alpha value is -0.463. The van der Waals surface area contributed by atoms with Crippen LogP contribution in [0.4, 0.5) is 0 Å². The number of nitrogens with one attached hydrogen (secondary N) is 1. The van der Waals surface area contributed by atoms with Crippen molar-refractivity contribution in [1.82, 2.24) is 5.32 Å². The smallest absolute Gasteiger partial charge is 0.394 e.